The summed E-state index contributed by atoms with van der Waals surface area (Å²) in [6.45, 7) is 3.92. The van der Waals surface area contributed by atoms with Gasteiger partial charge in [-0.25, -0.2) is 0 Å². The first-order valence-electron chi connectivity index (χ1n) is 6.70. The first-order valence-corrected chi connectivity index (χ1v) is 7.50. The molecule has 2 N–H and O–H groups in total. The molecule has 2 atom stereocenters. The fraction of sp³-hybridized carbons (Fsp3) is 0.467. The highest BCUT2D eigenvalue weighted by atomic mass is 79.9. The Kier molecular flexibility index (Phi) is 4.48. The van der Waals surface area contributed by atoms with Crippen LogP contribution in [0.1, 0.15) is 30.4 Å². The third-order valence-electron chi connectivity index (χ3n) is 3.87. The third-order valence-corrected chi connectivity index (χ3v) is 5.12. The zero-order valence-electron chi connectivity index (χ0n) is 11.6. The van der Waals surface area contributed by atoms with Crippen molar-refractivity contribution in [3.63, 3.8) is 0 Å². The van der Waals surface area contributed by atoms with Crippen molar-refractivity contribution in [2.75, 3.05) is 5.32 Å². The number of benzene rings is 1. The molecular weight excluding hydrogens is 322 g/mol. The average molecular weight is 340 g/mol. The maximum Gasteiger partial charge on any atom is 0.307 e. The van der Waals surface area contributed by atoms with Crippen molar-refractivity contribution < 1.29 is 14.7 Å². The lowest BCUT2D eigenvalue weighted by atomic mass is 9.95. The van der Waals surface area contributed by atoms with Crippen LogP contribution in [-0.4, -0.2) is 17.0 Å². The van der Waals surface area contributed by atoms with E-state index >= 15 is 0 Å². The van der Waals surface area contributed by atoms with Crippen molar-refractivity contribution in [1.29, 1.82) is 0 Å². The highest BCUT2D eigenvalue weighted by molar-refractivity contribution is 9.10. The van der Waals surface area contributed by atoms with Crippen LogP contribution in [0, 0.1) is 25.7 Å². The molecule has 0 spiro atoms. The van der Waals surface area contributed by atoms with Gasteiger partial charge in [0.05, 0.1) is 11.8 Å². The molecule has 1 aliphatic rings. The van der Waals surface area contributed by atoms with Gasteiger partial charge in [-0.15, -0.1) is 0 Å². The van der Waals surface area contributed by atoms with Crippen LogP contribution >= 0.6 is 15.9 Å². The number of hydrogen-bond acceptors (Lipinski definition) is 2. The summed E-state index contributed by atoms with van der Waals surface area (Å²) in [5, 5.41) is 12.0. The van der Waals surface area contributed by atoms with Crippen LogP contribution in [0.2, 0.25) is 0 Å². The Morgan fingerprint density at radius 3 is 2.30 bits per heavy atom. The van der Waals surface area contributed by atoms with Gasteiger partial charge < -0.3 is 10.4 Å². The number of amides is 1. The Balaban J connectivity index is 2.14. The van der Waals surface area contributed by atoms with E-state index < -0.39 is 17.8 Å². The number of aryl methyl sites for hydroxylation is 2. The Morgan fingerprint density at radius 2 is 1.75 bits per heavy atom. The monoisotopic (exact) mass is 339 g/mol. The molecule has 1 amide bonds. The third kappa shape index (κ3) is 3.03. The minimum Gasteiger partial charge on any atom is -0.481 e. The van der Waals surface area contributed by atoms with E-state index in [2.05, 4.69) is 21.2 Å². The maximum atomic E-state index is 12.3. The van der Waals surface area contributed by atoms with Gasteiger partial charge in [-0.2, -0.15) is 0 Å². The van der Waals surface area contributed by atoms with Gasteiger partial charge in [0.25, 0.3) is 0 Å². The van der Waals surface area contributed by atoms with Gasteiger partial charge in [-0.05, 0) is 49.9 Å². The fourth-order valence-electron chi connectivity index (χ4n) is 2.82. The highest BCUT2D eigenvalue weighted by Crippen LogP contribution is 2.33. The molecule has 0 radical (unpaired) electrons. The van der Waals surface area contributed by atoms with Crippen LogP contribution in [0.3, 0.4) is 0 Å². The summed E-state index contributed by atoms with van der Waals surface area (Å²) in [6, 6.07) is 3.78. The molecule has 2 rings (SSSR count). The van der Waals surface area contributed by atoms with Gasteiger partial charge in [0.15, 0.2) is 0 Å². The molecule has 1 saturated carbocycles. The molecule has 0 saturated heterocycles. The zero-order valence-corrected chi connectivity index (χ0v) is 13.2. The largest absolute Gasteiger partial charge is 0.481 e. The van der Waals surface area contributed by atoms with E-state index in [1.807, 2.05) is 26.0 Å². The van der Waals surface area contributed by atoms with Crippen LogP contribution in [0.25, 0.3) is 0 Å². The van der Waals surface area contributed by atoms with E-state index in [9.17, 15) is 9.59 Å². The number of nitrogens with one attached hydrogen (secondary N) is 1. The van der Waals surface area contributed by atoms with Gasteiger partial charge in [0.2, 0.25) is 5.91 Å². The number of hydrogen-bond donors (Lipinski definition) is 2. The van der Waals surface area contributed by atoms with E-state index in [-0.39, 0.29) is 5.91 Å². The molecule has 0 bridgehead atoms. The minimum absolute atomic E-state index is 0.184. The molecule has 20 heavy (non-hydrogen) atoms. The van der Waals surface area contributed by atoms with E-state index in [4.69, 9.17) is 5.11 Å². The highest BCUT2D eigenvalue weighted by Gasteiger charge is 2.37. The zero-order chi connectivity index (χ0) is 14.9. The van der Waals surface area contributed by atoms with Crippen molar-refractivity contribution in [3.05, 3.63) is 27.7 Å². The Hall–Kier alpha value is -1.36. The van der Waals surface area contributed by atoms with Gasteiger partial charge in [-0.3, -0.25) is 9.59 Å². The van der Waals surface area contributed by atoms with Crippen LogP contribution in [-0.2, 0) is 9.59 Å². The van der Waals surface area contributed by atoms with Crippen LogP contribution < -0.4 is 5.32 Å². The second-order valence-corrected chi connectivity index (χ2v) is 6.19. The van der Waals surface area contributed by atoms with E-state index in [0.29, 0.717) is 12.8 Å². The standard InChI is InChI=1S/C15H18BrNO3/c1-8-6-10(7-9(2)13(8)16)17-14(18)11-4-3-5-12(11)15(19)20/h6-7,11-12H,3-5H2,1-2H3,(H,17,18)(H,19,20). The predicted octanol–water partition coefficient (Wildman–Crippen LogP) is 3.51. The Morgan fingerprint density at radius 1 is 1.20 bits per heavy atom. The van der Waals surface area contributed by atoms with E-state index in [1.54, 1.807) is 0 Å². The maximum absolute atomic E-state index is 12.3. The normalized spacial score (nSPS) is 21.8. The molecular formula is C15H18BrNO3. The molecule has 1 aliphatic carbocycles. The number of carboxylic acid groups (broad SMARTS) is 1. The van der Waals surface area contributed by atoms with E-state index in [1.165, 1.54) is 0 Å². The fourth-order valence-corrected chi connectivity index (χ4v) is 3.05. The molecule has 2 unspecified atom stereocenters. The summed E-state index contributed by atoms with van der Waals surface area (Å²) in [4.78, 5) is 23.4. The lowest BCUT2D eigenvalue weighted by Crippen LogP contribution is -2.30. The number of aliphatic carboxylic acids is 1. The number of anilines is 1. The molecule has 1 aromatic rings. The van der Waals surface area contributed by atoms with Gasteiger partial charge >= 0.3 is 5.97 Å². The summed E-state index contributed by atoms with van der Waals surface area (Å²) in [5.41, 5.74) is 2.81. The number of carbonyl (C=O) groups is 2. The smallest absolute Gasteiger partial charge is 0.307 e. The minimum atomic E-state index is -0.870. The molecule has 1 fully saturated rings. The van der Waals surface area contributed by atoms with Crippen molar-refractivity contribution in [2.45, 2.75) is 33.1 Å². The van der Waals surface area contributed by atoms with Crippen LogP contribution in [0.4, 0.5) is 5.69 Å². The molecule has 0 aromatic heterocycles. The molecule has 1 aromatic carbocycles. The van der Waals surface area contributed by atoms with Crippen molar-refractivity contribution in [2.24, 2.45) is 11.8 Å². The molecule has 108 valence electrons. The van der Waals surface area contributed by atoms with Crippen LogP contribution in [0.15, 0.2) is 16.6 Å². The lowest BCUT2D eigenvalue weighted by molar-refractivity contribution is -0.145. The summed E-state index contributed by atoms with van der Waals surface area (Å²) in [7, 11) is 0. The predicted molar refractivity (Wildman–Crippen MR) is 80.7 cm³/mol. The van der Waals surface area contributed by atoms with Crippen LogP contribution in [0.5, 0.6) is 0 Å². The SMILES string of the molecule is Cc1cc(NC(=O)C2CCCC2C(=O)O)cc(C)c1Br. The van der Waals surface area contributed by atoms with Crippen molar-refractivity contribution in [3.8, 4) is 0 Å². The Labute approximate surface area is 126 Å². The summed E-state index contributed by atoms with van der Waals surface area (Å²) in [6.07, 6.45) is 2.04. The number of halogens is 1. The second-order valence-electron chi connectivity index (χ2n) is 5.40. The number of rotatable bonds is 3. The van der Waals surface area contributed by atoms with Gasteiger partial charge in [0, 0.05) is 10.2 Å². The topological polar surface area (TPSA) is 66.4 Å². The molecule has 0 heterocycles. The van der Waals surface area contributed by atoms with E-state index in [0.717, 1.165) is 27.7 Å². The molecule has 5 heteroatoms. The number of carbonyl (C=O) groups excluding carboxylic acids is 1. The van der Waals surface area contributed by atoms with Crippen molar-refractivity contribution in [1.82, 2.24) is 0 Å². The summed E-state index contributed by atoms with van der Waals surface area (Å²) >= 11 is 3.48. The Bertz CT molecular complexity index is 533. The lowest BCUT2D eigenvalue weighted by Gasteiger charge is -2.16. The second kappa shape index (κ2) is 5.95. The first-order chi connectivity index (χ1) is 9.40. The summed E-state index contributed by atoms with van der Waals surface area (Å²) < 4.78 is 1.03. The first kappa shape index (κ1) is 15.0. The van der Waals surface area contributed by atoms with Gasteiger partial charge in [-0.1, -0.05) is 22.4 Å². The molecule has 4 nitrogen and oxygen atoms in total. The molecule has 0 aliphatic heterocycles. The quantitative estimate of drug-likeness (QED) is 0.885. The number of carboxylic acids is 1. The van der Waals surface area contributed by atoms with Crippen molar-refractivity contribution >= 4 is 33.5 Å². The van der Waals surface area contributed by atoms with Gasteiger partial charge in [0.1, 0.15) is 0 Å². The average Bonchev–Trinajstić information content (AvgIpc) is 2.85. The summed E-state index contributed by atoms with van der Waals surface area (Å²) in [5.74, 6) is -2.02.